The summed E-state index contributed by atoms with van der Waals surface area (Å²) in [5.41, 5.74) is 2.72. The van der Waals surface area contributed by atoms with Crippen LogP contribution in [0.4, 0.5) is 11.4 Å². The quantitative estimate of drug-likeness (QED) is 0.558. The number of nitrogens with zero attached hydrogens (tertiary/aromatic N) is 2. The van der Waals surface area contributed by atoms with Gasteiger partial charge in [0.05, 0.1) is 17.2 Å². The summed E-state index contributed by atoms with van der Waals surface area (Å²) in [5, 5.41) is 0. The van der Waals surface area contributed by atoms with Crippen LogP contribution in [0, 0.1) is 0 Å². The Morgan fingerprint density at radius 2 is 1.85 bits per heavy atom. The van der Waals surface area contributed by atoms with Crippen LogP contribution in [0.5, 0.6) is 5.75 Å². The third kappa shape index (κ3) is 3.76. The molecule has 0 bridgehead atoms. The summed E-state index contributed by atoms with van der Waals surface area (Å²) < 4.78 is 6.18. The van der Waals surface area contributed by atoms with Crippen LogP contribution in [0.3, 0.4) is 0 Å². The minimum Gasteiger partial charge on any atom is -0.493 e. The van der Waals surface area contributed by atoms with Gasteiger partial charge in [-0.25, -0.2) is 0 Å². The van der Waals surface area contributed by atoms with E-state index in [2.05, 4.69) is 0 Å². The van der Waals surface area contributed by atoms with Gasteiger partial charge in [-0.1, -0.05) is 42.2 Å². The largest absolute Gasteiger partial charge is 0.493 e. The van der Waals surface area contributed by atoms with E-state index in [0.717, 1.165) is 22.7 Å². The second-order valence-corrected chi connectivity index (χ2v) is 7.57. The number of hydrogen-bond donors (Lipinski definition) is 0. The van der Waals surface area contributed by atoms with Gasteiger partial charge in [-0.05, 0) is 43.3 Å². The number of rotatable bonds is 5. The van der Waals surface area contributed by atoms with Gasteiger partial charge >= 0.3 is 0 Å². The SMILES string of the molecule is CCOc1ccccc1/C=C1\SC(=S)N(c2ccc(N(C)C)cc2)C1=O. The molecule has 0 unspecified atom stereocenters. The van der Waals surface area contributed by atoms with Crippen molar-refractivity contribution in [1.29, 1.82) is 0 Å². The van der Waals surface area contributed by atoms with E-state index in [-0.39, 0.29) is 5.91 Å². The molecule has 1 fully saturated rings. The van der Waals surface area contributed by atoms with Crippen LogP contribution in [0.25, 0.3) is 6.08 Å². The van der Waals surface area contributed by atoms with Crippen LogP contribution in [-0.4, -0.2) is 30.9 Å². The fourth-order valence-electron chi connectivity index (χ4n) is 2.62. The van der Waals surface area contributed by atoms with Crippen LogP contribution in [0.2, 0.25) is 0 Å². The molecule has 0 N–H and O–H groups in total. The first-order chi connectivity index (χ1) is 12.5. The highest BCUT2D eigenvalue weighted by Crippen LogP contribution is 2.37. The maximum absolute atomic E-state index is 12.9. The molecule has 0 aliphatic carbocycles. The molecule has 4 nitrogen and oxygen atoms in total. The summed E-state index contributed by atoms with van der Waals surface area (Å²) in [6.07, 6.45) is 1.85. The van der Waals surface area contributed by atoms with Gasteiger partial charge in [0, 0.05) is 25.3 Å². The predicted molar refractivity (Wildman–Crippen MR) is 114 cm³/mol. The smallest absolute Gasteiger partial charge is 0.270 e. The molecule has 0 spiro atoms. The summed E-state index contributed by atoms with van der Waals surface area (Å²) in [7, 11) is 3.96. The van der Waals surface area contributed by atoms with Crippen LogP contribution in [0.15, 0.2) is 53.4 Å². The Morgan fingerprint density at radius 3 is 2.50 bits per heavy atom. The molecular weight excluding hydrogens is 364 g/mol. The molecule has 1 heterocycles. The Balaban J connectivity index is 1.89. The van der Waals surface area contributed by atoms with Gasteiger partial charge < -0.3 is 9.64 Å². The molecule has 0 aromatic heterocycles. The molecule has 1 amide bonds. The minimum atomic E-state index is -0.107. The van der Waals surface area contributed by atoms with E-state index < -0.39 is 0 Å². The lowest BCUT2D eigenvalue weighted by molar-refractivity contribution is -0.113. The van der Waals surface area contributed by atoms with Gasteiger partial charge in [0.1, 0.15) is 5.75 Å². The van der Waals surface area contributed by atoms with Crippen molar-refractivity contribution in [3.8, 4) is 5.75 Å². The molecule has 2 aromatic carbocycles. The molecule has 3 rings (SSSR count). The molecule has 0 atom stereocenters. The first kappa shape index (κ1) is 18.5. The van der Waals surface area contributed by atoms with Crippen molar-refractivity contribution >= 4 is 51.7 Å². The molecule has 1 saturated heterocycles. The number of thioether (sulfide) groups is 1. The van der Waals surface area contributed by atoms with Crippen molar-refractivity contribution < 1.29 is 9.53 Å². The molecule has 0 saturated carbocycles. The highest BCUT2D eigenvalue weighted by Gasteiger charge is 2.33. The summed E-state index contributed by atoms with van der Waals surface area (Å²) in [6.45, 7) is 2.51. The number of hydrogen-bond acceptors (Lipinski definition) is 5. The monoisotopic (exact) mass is 384 g/mol. The van der Waals surface area contributed by atoms with E-state index in [0.29, 0.717) is 15.8 Å². The van der Waals surface area contributed by atoms with Gasteiger partial charge in [0.25, 0.3) is 5.91 Å². The Morgan fingerprint density at radius 1 is 1.15 bits per heavy atom. The molecule has 6 heteroatoms. The lowest BCUT2D eigenvalue weighted by Crippen LogP contribution is -2.27. The van der Waals surface area contributed by atoms with Gasteiger partial charge in [-0.2, -0.15) is 0 Å². The average Bonchev–Trinajstić information content (AvgIpc) is 2.90. The Bertz CT molecular complexity index is 860. The van der Waals surface area contributed by atoms with E-state index in [1.54, 1.807) is 4.90 Å². The fourth-order valence-corrected chi connectivity index (χ4v) is 3.91. The third-order valence-electron chi connectivity index (χ3n) is 3.92. The van der Waals surface area contributed by atoms with Crippen molar-refractivity contribution in [2.45, 2.75) is 6.92 Å². The zero-order chi connectivity index (χ0) is 18.7. The zero-order valence-electron chi connectivity index (χ0n) is 14.9. The number of carbonyl (C=O) groups is 1. The van der Waals surface area contributed by atoms with E-state index >= 15 is 0 Å². The van der Waals surface area contributed by atoms with E-state index in [1.807, 2.05) is 80.5 Å². The van der Waals surface area contributed by atoms with Gasteiger partial charge in [-0.3, -0.25) is 9.69 Å². The average molecular weight is 385 g/mol. The van der Waals surface area contributed by atoms with Crippen LogP contribution in [-0.2, 0) is 4.79 Å². The molecular formula is C20H20N2O2S2. The van der Waals surface area contributed by atoms with Crippen molar-refractivity contribution in [1.82, 2.24) is 0 Å². The number of para-hydroxylation sites is 1. The predicted octanol–water partition coefficient (Wildman–Crippen LogP) is 4.56. The number of benzene rings is 2. The number of anilines is 2. The Kier molecular flexibility index (Phi) is 5.64. The molecule has 2 aromatic rings. The second kappa shape index (κ2) is 7.93. The van der Waals surface area contributed by atoms with Gasteiger partial charge in [0.2, 0.25) is 0 Å². The number of carbonyl (C=O) groups excluding carboxylic acids is 1. The first-order valence-corrected chi connectivity index (χ1v) is 9.51. The normalized spacial score (nSPS) is 15.7. The third-order valence-corrected chi connectivity index (χ3v) is 5.23. The van der Waals surface area contributed by atoms with E-state index in [1.165, 1.54) is 11.8 Å². The number of amides is 1. The summed E-state index contributed by atoms with van der Waals surface area (Å²) in [5.74, 6) is 0.652. The van der Waals surface area contributed by atoms with Gasteiger partial charge in [0.15, 0.2) is 4.32 Å². The maximum atomic E-state index is 12.9. The molecule has 0 radical (unpaired) electrons. The summed E-state index contributed by atoms with van der Waals surface area (Å²) in [4.78, 5) is 17.1. The standard InChI is InChI=1S/C20H20N2O2S2/c1-4-24-17-8-6-5-7-14(17)13-18-19(23)22(20(25)26-18)16-11-9-15(10-12-16)21(2)3/h5-13H,4H2,1-3H3/b18-13-. The summed E-state index contributed by atoms with van der Waals surface area (Å²) in [6, 6.07) is 15.5. The molecule has 134 valence electrons. The van der Waals surface area contributed by atoms with E-state index in [9.17, 15) is 4.79 Å². The molecule has 1 aliphatic rings. The van der Waals surface area contributed by atoms with Crippen LogP contribution in [0.1, 0.15) is 12.5 Å². The maximum Gasteiger partial charge on any atom is 0.270 e. The van der Waals surface area contributed by atoms with Crippen molar-refractivity contribution in [3.05, 3.63) is 59.0 Å². The topological polar surface area (TPSA) is 32.8 Å². The van der Waals surface area contributed by atoms with Crippen LogP contribution < -0.4 is 14.5 Å². The lowest BCUT2D eigenvalue weighted by atomic mass is 10.2. The van der Waals surface area contributed by atoms with Crippen molar-refractivity contribution in [2.75, 3.05) is 30.5 Å². The Labute approximate surface area is 163 Å². The summed E-state index contributed by atoms with van der Waals surface area (Å²) >= 11 is 6.76. The van der Waals surface area contributed by atoms with Crippen molar-refractivity contribution in [2.24, 2.45) is 0 Å². The lowest BCUT2D eigenvalue weighted by Gasteiger charge is -2.17. The Hall–Kier alpha value is -2.31. The molecule has 1 aliphatic heterocycles. The van der Waals surface area contributed by atoms with Crippen LogP contribution >= 0.6 is 24.0 Å². The minimum absolute atomic E-state index is 0.107. The number of ether oxygens (including phenoxy) is 1. The first-order valence-electron chi connectivity index (χ1n) is 8.28. The van der Waals surface area contributed by atoms with Crippen molar-refractivity contribution in [3.63, 3.8) is 0 Å². The van der Waals surface area contributed by atoms with Gasteiger partial charge in [-0.15, -0.1) is 0 Å². The highest BCUT2D eigenvalue weighted by atomic mass is 32.2. The molecule has 26 heavy (non-hydrogen) atoms. The number of thiocarbonyl (C=S) groups is 1. The fraction of sp³-hybridized carbons (Fsp3) is 0.200. The second-order valence-electron chi connectivity index (χ2n) is 5.90. The van der Waals surface area contributed by atoms with E-state index in [4.69, 9.17) is 17.0 Å². The highest BCUT2D eigenvalue weighted by molar-refractivity contribution is 8.27. The zero-order valence-corrected chi connectivity index (χ0v) is 16.6.